The number of benzene rings is 3. The minimum atomic E-state index is 1.10. The smallest absolute Gasteiger partial charge is 0.0434 e. The number of hydrogen-bond donors (Lipinski definition) is 0. The maximum Gasteiger partial charge on any atom is 0.0434 e. The van der Waals surface area contributed by atoms with Gasteiger partial charge in [-0.1, -0.05) is 55.6 Å². The Morgan fingerprint density at radius 1 is 0.792 bits per heavy atom. The number of allylic oxidation sites excluding steroid dienone is 1. The molecule has 0 aliphatic rings. The molecule has 0 fully saturated rings. The molecule has 24 heavy (non-hydrogen) atoms. The molecule has 0 atom stereocenters. The molecule has 0 saturated heterocycles. The molecule has 3 aromatic carbocycles. The second-order valence-electron chi connectivity index (χ2n) is 5.95. The van der Waals surface area contributed by atoms with E-state index in [4.69, 9.17) is 0 Å². The molecule has 0 saturated carbocycles. The van der Waals surface area contributed by atoms with Crippen LogP contribution in [0.2, 0.25) is 0 Å². The predicted octanol–water partition coefficient (Wildman–Crippen LogP) is 5.80. The summed E-state index contributed by atoms with van der Waals surface area (Å²) in [5.41, 5.74) is 0. The predicted molar refractivity (Wildman–Crippen MR) is 112 cm³/mol. The molecule has 0 bridgehead atoms. The Balaban J connectivity index is 2.04. The van der Waals surface area contributed by atoms with Crippen molar-refractivity contribution in [3.8, 4) is 0 Å². The highest BCUT2D eigenvalue weighted by molar-refractivity contribution is 7.26. The Kier molecular flexibility index (Phi) is 2.93. The van der Waals surface area contributed by atoms with Crippen LogP contribution >= 0.6 is 22.7 Å². The highest BCUT2D eigenvalue weighted by atomic mass is 32.1. The average Bonchev–Trinajstić information content (AvgIpc) is 3.11. The Morgan fingerprint density at radius 3 is 2.54 bits per heavy atom. The van der Waals surface area contributed by atoms with E-state index in [1.54, 1.807) is 11.3 Å². The summed E-state index contributed by atoms with van der Waals surface area (Å²) in [5.74, 6) is 0. The van der Waals surface area contributed by atoms with Crippen LogP contribution in [-0.2, 0) is 0 Å². The van der Waals surface area contributed by atoms with Crippen LogP contribution in [0.3, 0.4) is 0 Å². The lowest BCUT2D eigenvalue weighted by molar-refractivity contribution is 1.80. The van der Waals surface area contributed by atoms with Gasteiger partial charge >= 0.3 is 0 Å². The van der Waals surface area contributed by atoms with Gasteiger partial charge in [0.2, 0.25) is 0 Å². The summed E-state index contributed by atoms with van der Waals surface area (Å²) in [5, 5.41) is 7.81. The van der Waals surface area contributed by atoms with Crippen molar-refractivity contribution in [2.45, 2.75) is 0 Å². The lowest BCUT2D eigenvalue weighted by Crippen LogP contribution is -2.15. The van der Waals surface area contributed by atoms with E-state index in [9.17, 15) is 0 Å². The van der Waals surface area contributed by atoms with E-state index in [0.717, 1.165) is 4.53 Å². The average molecular weight is 342 g/mol. The van der Waals surface area contributed by atoms with Gasteiger partial charge in [0.15, 0.2) is 0 Å². The molecule has 0 N–H and O–H groups in total. The van der Waals surface area contributed by atoms with Crippen molar-refractivity contribution in [1.29, 1.82) is 0 Å². The van der Waals surface area contributed by atoms with Gasteiger partial charge in [0.05, 0.1) is 0 Å². The fraction of sp³-hybridized carbons (Fsp3) is 0. The number of fused-ring (bicyclic) bond motifs is 6. The number of rotatable bonds is 1. The van der Waals surface area contributed by atoms with Crippen LogP contribution in [-0.4, -0.2) is 0 Å². The molecular weight excluding hydrogens is 328 g/mol. The van der Waals surface area contributed by atoms with Crippen LogP contribution in [0.25, 0.3) is 53.7 Å². The molecule has 0 amide bonds. The molecule has 5 rings (SSSR count). The van der Waals surface area contributed by atoms with Gasteiger partial charge in [-0.3, -0.25) is 0 Å². The molecule has 5 aromatic rings. The fourth-order valence-corrected chi connectivity index (χ4v) is 5.71. The molecule has 0 aliphatic heterocycles. The van der Waals surface area contributed by atoms with Crippen LogP contribution in [0.5, 0.6) is 0 Å². The van der Waals surface area contributed by atoms with Crippen molar-refractivity contribution in [2.75, 3.05) is 0 Å². The van der Waals surface area contributed by atoms with E-state index in [0.29, 0.717) is 0 Å². The van der Waals surface area contributed by atoms with E-state index in [2.05, 4.69) is 67.8 Å². The zero-order valence-electron chi connectivity index (χ0n) is 13.0. The minimum Gasteiger partial charge on any atom is -0.136 e. The molecule has 0 radical (unpaired) electrons. The van der Waals surface area contributed by atoms with Crippen LogP contribution < -0.4 is 9.75 Å². The fourth-order valence-electron chi connectivity index (χ4n) is 3.47. The van der Waals surface area contributed by atoms with Gasteiger partial charge in [0.1, 0.15) is 0 Å². The van der Waals surface area contributed by atoms with Gasteiger partial charge in [0.25, 0.3) is 0 Å². The summed E-state index contributed by atoms with van der Waals surface area (Å²) >= 11 is 3.64. The molecule has 2 aromatic heterocycles. The molecule has 114 valence electrons. The van der Waals surface area contributed by atoms with Crippen LogP contribution in [0, 0.1) is 0 Å². The van der Waals surface area contributed by atoms with Gasteiger partial charge < -0.3 is 0 Å². The molecule has 0 nitrogen and oxygen atoms in total. The summed E-state index contributed by atoms with van der Waals surface area (Å²) in [6.07, 6.45) is 3.92. The summed E-state index contributed by atoms with van der Waals surface area (Å²) in [7, 11) is 0. The highest BCUT2D eigenvalue weighted by Crippen LogP contribution is 2.39. The van der Waals surface area contributed by atoms with Crippen LogP contribution in [0.1, 0.15) is 0 Å². The van der Waals surface area contributed by atoms with Crippen LogP contribution in [0.15, 0.2) is 61.2 Å². The molecule has 0 aliphatic carbocycles. The second-order valence-corrected chi connectivity index (χ2v) is 8.14. The lowest BCUT2D eigenvalue weighted by Gasteiger charge is -2.01. The Bertz CT molecular complexity index is 1380. The third-order valence-electron chi connectivity index (χ3n) is 4.57. The zero-order chi connectivity index (χ0) is 16.3. The topological polar surface area (TPSA) is 0 Å². The third kappa shape index (κ3) is 1.84. The number of hydrogen-bond acceptors (Lipinski definition) is 2. The summed E-state index contributed by atoms with van der Waals surface area (Å²) in [6.45, 7) is 8.05. The third-order valence-corrected chi connectivity index (χ3v) is 6.81. The second kappa shape index (κ2) is 5.04. The van der Waals surface area contributed by atoms with Crippen molar-refractivity contribution < 1.29 is 0 Å². The van der Waals surface area contributed by atoms with Crippen molar-refractivity contribution >= 4 is 76.4 Å². The van der Waals surface area contributed by atoms with Gasteiger partial charge in [-0.25, -0.2) is 0 Å². The summed E-state index contributed by atoms with van der Waals surface area (Å²) in [4.78, 5) is 0. The minimum absolute atomic E-state index is 1.10. The van der Waals surface area contributed by atoms with E-state index in [-0.39, 0.29) is 0 Å². The maximum atomic E-state index is 4.21. The van der Waals surface area contributed by atoms with Crippen molar-refractivity contribution in [1.82, 2.24) is 0 Å². The molecular formula is C22H14S2. The van der Waals surface area contributed by atoms with Gasteiger partial charge in [-0.05, 0) is 28.8 Å². The van der Waals surface area contributed by atoms with E-state index >= 15 is 0 Å². The van der Waals surface area contributed by atoms with E-state index in [1.807, 2.05) is 17.4 Å². The van der Waals surface area contributed by atoms with Crippen molar-refractivity contribution in [2.24, 2.45) is 0 Å². The van der Waals surface area contributed by atoms with E-state index < -0.39 is 0 Å². The quantitative estimate of drug-likeness (QED) is 0.361. The SMILES string of the molecule is C=C/C=c1\c(=C)sc2cc3ccc4c5ccccc5sc4c3cc12. The van der Waals surface area contributed by atoms with Crippen molar-refractivity contribution in [3.63, 3.8) is 0 Å². The first-order chi connectivity index (χ1) is 11.8. The van der Waals surface area contributed by atoms with Gasteiger partial charge in [-0.15, -0.1) is 22.7 Å². The molecule has 2 heteroatoms. The highest BCUT2D eigenvalue weighted by Gasteiger charge is 2.10. The standard InChI is InChI=1S/C22H14S2/c1-3-6-15-13(2)23-21-11-14-9-10-17-16-7-4-5-8-20(16)24-22(17)18(14)12-19(15)21/h3-12H,1-2H2/b15-6+. The van der Waals surface area contributed by atoms with E-state index in [1.165, 1.54) is 46.2 Å². The molecule has 2 heterocycles. The monoisotopic (exact) mass is 342 g/mol. The van der Waals surface area contributed by atoms with Gasteiger partial charge in [0, 0.05) is 40.2 Å². The van der Waals surface area contributed by atoms with Gasteiger partial charge in [-0.2, -0.15) is 0 Å². The Morgan fingerprint density at radius 2 is 1.67 bits per heavy atom. The summed E-state index contributed by atoms with van der Waals surface area (Å²) in [6, 6.07) is 17.8. The van der Waals surface area contributed by atoms with Crippen LogP contribution in [0.4, 0.5) is 0 Å². The number of thiophene rings is 2. The largest absolute Gasteiger partial charge is 0.136 e. The Labute approximate surface area is 147 Å². The lowest BCUT2D eigenvalue weighted by atomic mass is 10.0. The molecule has 0 spiro atoms. The maximum absolute atomic E-state index is 4.21. The van der Waals surface area contributed by atoms with Crippen molar-refractivity contribution in [3.05, 3.63) is 70.9 Å². The first-order valence-corrected chi connectivity index (χ1v) is 9.48. The zero-order valence-corrected chi connectivity index (χ0v) is 14.6. The first kappa shape index (κ1) is 14.0. The summed E-state index contributed by atoms with van der Waals surface area (Å²) < 4.78 is 5.12. The normalized spacial score (nSPS) is 12.8. The molecule has 0 unspecified atom stereocenters. The Hall–Kier alpha value is -2.42. The first-order valence-electron chi connectivity index (χ1n) is 7.84.